The first kappa shape index (κ1) is 10.3. The Morgan fingerprint density at radius 1 is 1.40 bits per heavy atom. The van der Waals surface area contributed by atoms with Crippen LogP contribution in [-0.2, 0) is 6.18 Å². The number of aromatic nitrogens is 2. The first-order valence-corrected chi connectivity index (χ1v) is 4.48. The number of pyridine rings is 1. The molecule has 0 aliphatic rings. The number of nitrogens with zero attached hydrogens (tertiary/aromatic N) is 2. The van der Waals surface area contributed by atoms with Gasteiger partial charge in [0, 0.05) is 23.0 Å². The minimum absolute atomic E-state index is 0.231. The van der Waals surface area contributed by atoms with Gasteiger partial charge >= 0.3 is 6.18 Å². The number of halogens is 4. The molecule has 0 fully saturated rings. The largest absolute Gasteiger partial charge is 0.434 e. The lowest BCUT2D eigenvalue weighted by Crippen LogP contribution is -2.04. The van der Waals surface area contributed by atoms with Crippen LogP contribution in [0.2, 0.25) is 5.02 Å². The molecule has 0 unspecified atom stereocenters. The summed E-state index contributed by atoms with van der Waals surface area (Å²) in [6, 6.07) is 1.53. The fourth-order valence-electron chi connectivity index (χ4n) is 1.30. The lowest BCUT2D eigenvalue weighted by atomic mass is 10.3. The zero-order valence-corrected chi connectivity index (χ0v) is 8.39. The van der Waals surface area contributed by atoms with E-state index in [1.807, 2.05) is 0 Å². The minimum Gasteiger partial charge on any atom is -0.306 e. The fourth-order valence-corrected chi connectivity index (χ4v) is 1.44. The molecule has 0 amide bonds. The SMILES string of the molecule is Cc1c(Cl)ccn2cc(C(F)(F)F)nc12. The normalized spacial score (nSPS) is 12.3. The maximum absolute atomic E-state index is 12.3. The van der Waals surface area contributed by atoms with Crippen molar-refractivity contribution in [1.29, 1.82) is 0 Å². The van der Waals surface area contributed by atoms with Crippen molar-refractivity contribution in [1.82, 2.24) is 9.38 Å². The van der Waals surface area contributed by atoms with Gasteiger partial charge in [-0.15, -0.1) is 0 Å². The number of imidazole rings is 1. The van der Waals surface area contributed by atoms with Crippen molar-refractivity contribution in [2.24, 2.45) is 0 Å². The molecule has 2 rings (SSSR count). The summed E-state index contributed by atoms with van der Waals surface area (Å²) in [6.45, 7) is 1.63. The fraction of sp³-hybridized carbons (Fsp3) is 0.222. The van der Waals surface area contributed by atoms with Crippen LogP contribution in [0.5, 0.6) is 0 Å². The molecule has 0 saturated carbocycles. The highest BCUT2D eigenvalue weighted by molar-refractivity contribution is 6.31. The van der Waals surface area contributed by atoms with Gasteiger partial charge in [0.25, 0.3) is 0 Å². The molecule has 2 heterocycles. The highest BCUT2D eigenvalue weighted by atomic mass is 35.5. The lowest BCUT2D eigenvalue weighted by Gasteiger charge is -1.99. The van der Waals surface area contributed by atoms with E-state index in [9.17, 15) is 13.2 Å². The number of hydrogen-bond acceptors (Lipinski definition) is 1. The Morgan fingerprint density at radius 3 is 2.67 bits per heavy atom. The first-order valence-electron chi connectivity index (χ1n) is 4.10. The molecule has 0 atom stereocenters. The van der Waals surface area contributed by atoms with Crippen LogP contribution in [0.4, 0.5) is 13.2 Å². The summed E-state index contributed by atoms with van der Waals surface area (Å²) < 4.78 is 38.4. The van der Waals surface area contributed by atoms with Crippen molar-refractivity contribution in [3.8, 4) is 0 Å². The second-order valence-electron chi connectivity index (χ2n) is 3.14. The third-order valence-corrected chi connectivity index (χ3v) is 2.51. The molecule has 15 heavy (non-hydrogen) atoms. The van der Waals surface area contributed by atoms with Crippen LogP contribution < -0.4 is 0 Å². The van der Waals surface area contributed by atoms with Crippen molar-refractivity contribution >= 4 is 17.2 Å². The summed E-state index contributed by atoms with van der Waals surface area (Å²) in [7, 11) is 0. The van der Waals surface area contributed by atoms with E-state index < -0.39 is 11.9 Å². The van der Waals surface area contributed by atoms with Gasteiger partial charge in [0.1, 0.15) is 5.65 Å². The molecular weight excluding hydrogens is 229 g/mol. The average molecular weight is 235 g/mol. The zero-order chi connectivity index (χ0) is 11.2. The molecule has 2 aromatic rings. The molecule has 0 radical (unpaired) electrons. The van der Waals surface area contributed by atoms with Crippen molar-refractivity contribution < 1.29 is 13.2 Å². The van der Waals surface area contributed by atoms with E-state index in [0.717, 1.165) is 6.20 Å². The summed E-state index contributed by atoms with van der Waals surface area (Å²) in [5.41, 5.74) is -0.141. The van der Waals surface area contributed by atoms with Crippen LogP contribution in [0.3, 0.4) is 0 Å². The molecule has 2 aromatic heterocycles. The molecule has 0 bridgehead atoms. The summed E-state index contributed by atoms with van der Waals surface area (Å²) in [4.78, 5) is 3.50. The van der Waals surface area contributed by atoms with Crippen LogP contribution >= 0.6 is 11.6 Å². The van der Waals surface area contributed by atoms with Gasteiger partial charge in [-0.25, -0.2) is 4.98 Å². The molecule has 2 nitrogen and oxygen atoms in total. The molecule has 0 saturated heterocycles. The Morgan fingerprint density at radius 2 is 2.07 bits per heavy atom. The molecule has 0 aliphatic carbocycles. The van der Waals surface area contributed by atoms with Gasteiger partial charge in [-0.1, -0.05) is 11.6 Å². The van der Waals surface area contributed by atoms with Gasteiger partial charge in [-0.05, 0) is 13.0 Å². The van der Waals surface area contributed by atoms with E-state index in [0.29, 0.717) is 10.6 Å². The molecule has 0 aromatic carbocycles. The van der Waals surface area contributed by atoms with Crippen LogP contribution in [-0.4, -0.2) is 9.38 Å². The van der Waals surface area contributed by atoms with Crippen molar-refractivity contribution in [3.05, 3.63) is 34.7 Å². The van der Waals surface area contributed by atoms with E-state index in [-0.39, 0.29) is 5.65 Å². The van der Waals surface area contributed by atoms with E-state index in [2.05, 4.69) is 4.98 Å². The van der Waals surface area contributed by atoms with E-state index in [1.165, 1.54) is 16.7 Å². The lowest BCUT2D eigenvalue weighted by molar-refractivity contribution is -0.140. The Labute approximate surface area is 88.3 Å². The summed E-state index contributed by atoms with van der Waals surface area (Å²) in [5.74, 6) is 0. The number of hydrogen-bond donors (Lipinski definition) is 0. The predicted molar refractivity (Wildman–Crippen MR) is 49.9 cm³/mol. The number of alkyl halides is 3. The maximum atomic E-state index is 12.3. The summed E-state index contributed by atoms with van der Waals surface area (Å²) in [5, 5.41) is 0.404. The van der Waals surface area contributed by atoms with Gasteiger partial charge in [-0.3, -0.25) is 0 Å². The number of aryl methyl sites for hydroxylation is 1. The smallest absolute Gasteiger partial charge is 0.306 e. The Hall–Kier alpha value is -1.23. The molecule has 80 valence electrons. The maximum Gasteiger partial charge on any atom is 0.434 e. The quantitative estimate of drug-likeness (QED) is 0.684. The standard InChI is InChI=1S/C9H6ClF3N2/c1-5-6(10)2-3-15-4-7(9(11,12)13)14-8(5)15/h2-4H,1H3. The second-order valence-corrected chi connectivity index (χ2v) is 3.55. The third kappa shape index (κ3) is 1.67. The Balaban J connectivity index is 2.72. The molecule has 0 aliphatic heterocycles. The predicted octanol–water partition coefficient (Wildman–Crippen LogP) is 3.31. The monoisotopic (exact) mass is 234 g/mol. The van der Waals surface area contributed by atoms with Crippen LogP contribution in [0.1, 0.15) is 11.3 Å². The number of rotatable bonds is 0. The highest BCUT2D eigenvalue weighted by Gasteiger charge is 2.34. The topological polar surface area (TPSA) is 17.3 Å². The molecule has 0 N–H and O–H groups in total. The van der Waals surface area contributed by atoms with Crippen LogP contribution in [0, 0.1) is 6.92 Å². The third-order valence-electron chi connectivity index (χ3n) is 2.10. The van der Waals surface area contributed by atoms with Gasteiger partial charge < -0.3 is 4.40 Å². The number of fused-ring (bicyclic) bond motifs is 1. The van der Waals surface area contributed by atoms with Crippen molar-refractivity contribution in [3.63, 3.8) is 0 Å². The Kier molecular flexibility index (Phi) is 2.15. The second kappa shape index (κ2) is 3.13. The first-order chi connectivity index (χ1) is 6.89. The van der Waals surface area contributed by atoms with Gasteiger partial charge in [0.2, 0.25) is 0 Å². The molecule has 0 spiro atoms. The van der Waals surface area contributed by atoms with Gasteiger partial charge in [0.05, 0.1) is 0 Å². The van der Waals surface area contributed by atoms with Crippen LogP contribution in [0.25, 0.3) is 5.65 Å². The summed E-state index contributed by atoms with van der Waals surface area (Å²) in [6.07, 6.45) is -2.03. The molecular formula is C9H6ClF3N2. The highest BCUT2D eigenvalue weighted by Crippen LogP contribution is 2.30. The van der Waals surface area contributed by atoms with E-state index in [4.69, 9.17) is 11.6 Å². The van der Waals surface area contributed by atoms with E-state index in [1.54, 1.807) is 6.92 Å². The van der Waals surface area contributed by atoms with Gasteiger partial charge in [-0.2, -0.15) is 13.2 Å². The summed E-state index contributed by atoms with van der Waals surface area (Å²) >= 11 is 5.78. The van der Waals surface area contributed by atoms with Crippen molar-refractivity contribution in [2.45, 2.75) is 13.1 Å². The minimum atomic E-state index is -4.43. The van der Waals surface area contributed by atoms with Gasteiger partial charge in [0.15, 0.2) is 5.69 Å². The van der Waals surface area contributed by atoms with Crippen LogP contribution in [0.15, 0.2) is 18.5 Å². The zero-order valence-electron chi connectivity index (χ0n) is 7.64. The van der Waals surface area contributed by atoms with E-state index >= 15 is 0 Å². The molecule has 6 heteroatoms. The Bertz CT molecular complexity index is 516. The average Bonchev–Trinajstić information content (AvgIpc) is 2.55. The van der Waals surface area contributed by atoms with Crippen molar-refractivity contribution in [2.75, 3.05) is 0 Å².